The van der Waals surface area contributed by atoms with E-state index in [1.165, 1.54) is 0 Å². The highest BCUT2D eigenvalue weighted by Gasteiger charge is 2.21. The SMILES string of the molecule is COc1cccc(CNC(=O)Nc2ccccc2C(=O)N2CCOCC2)c1. The van der Waals surface area contributed by atoms with E-state index in [1.54, 1.807) is 36.3 Å². The highest BCUT2D eigenvalue weighted by molar-refractivity contribution is 6.03. The van der Waals surface area contributed by atoms with E-state index in [0.29, 0.717) is 44.1 Å². The highest BCUT2D eigenvalue weighted by Crippen LogP contribution is 2.18. The molecule has 0 atom stereocenters. The molecule has 0 aromatic heterocycles. The van der Waals surface area contributed by atoms with Gasteiger partial charge in [-0.25, -0.2) is 4.79 Å². The van der Waals surface area contributed by atoms with Crippen LogP contribution < -0.4 is 15.4 Å². The number of methoxy groups -OCH3 is 1. The van der Waals surface area contributed by atoms with Crippen molar-refractivity contribution in [3.8, 4) is 5.75 Å². The summed E-state index contributed by atoms with van der Waals surface area (Å²) in [7, 11) is 1.60. The third-order valence-corrected chi connectivity index (χ3v) is 4.29. The van der Waals surface area contributed by atoms with Crippen molar-refractivity contribution >= 4 is 17.6 Å². The maximum Gasteiger partial charge on any atom is 0.319 e. The van der Waals surface area contributed by atoms with Gasteiger partial charge in [0.05, 0.1) is 31.6 Å². The van der Waals surface area contributed by atoms with Crippen LogP contribution in [-0.4, -0.2) is 50.3 Å². The number of amides is 3. The van der Waals surface area contributed by atoms with Crippen LogP contribution in [0.4, 0.5) is 10.5 Å². The van der Waals surface area contributed by atoms with E-state index >= 15 is 0 Å². The minimum atomic E-state index is -0.375. The first-order valence-corrected chi connectivity index (χ1v) is 8.81. The molecule has 2 aromatic rings. The van der Waals surface area contributed by atoms with E-state index in [4.69, 9.17) is 9.47 Å². The average molecular weight is 369 g/mol. The fourth-order valence-corrected chi connectivity index (χ4v) is 2.85. The first-order chi connectivity index (χ1) is 13.2. The molecule has 1 saturated heterocycles. The molecule has 0 saturated carbocycles. The third kappa shape index (κ3) is 4.98. The molecular formula is C20H23N3O4. The van der Waals surface area contributed by atoms with Gasteiger partial charge in [0, 0.05) is 19.6 Å². The maximum atomic E-state index is 12.7. The fraction of sp³-hybridized carbons (Fsp3) is 0.300. The van der Waals surface area contributed by atoms with Gasteiger partial charge in [-0.2, -0.15) is 0 Å². The summed E-state index contributed by atoms with van der Waals surface area (Å²) in [5, 5.41) is 5.56. The summed E-state index contributed by atoms with van der Waals surface area (Å²) in [6.07, 6.45) is 0. The average Bonchev–Trinajstić information content (AvgIpc) is 2.73. The van der Waals surface area contributed by atoms with Crippen molar-refractivity contribution in [2.24, 2.45) is 0 Å². The molecule has 2 aromatic carbocycles. The number of morpholine rings is 1. The van der Waals surface area contributed by atoms with Gasteiger partial charge in [-0.3, -0.25) is 4.79 Å². The number of anilines is 1. The van der Waals surface area contributed by atoms with Gasteiger partial charge in [0.1, 0.15) is 5.75 Å². The number of nitrogens with zero attached hydrogens (tertiary/aromatic N) is 1. The summed E-state index contributed by atoms with van der Waals surface area (Å²) in [6.45, 7) is 2.51. The second-order valence-electron chi connectivity index (χ2n) is 6.11. The Kier molecular flexibility index (Phi) is 6.27. The Morgan fingerprint density at radius 2 is 1.89 bits per heavy atom. The molecule has 7 nitrogen and oxygen atoms in total. The van der Waals surface area contributed by atoms with E-state index < -0.39 is 0 Å². The number of ether oxygens (including phenoxy) is 2. The van der Waals surface area contributed by atoms with Crippen LogP contribution in [0.1, 0.15) is 15.9 Å². The van der Waals surface area contributed by atoms with Gasteiger partial charge in [0.25, 0.3) is 5.91 Å². The third-order valence-electron chi connectivity index (χ3n) is 4.29. The summed E-state index contributed by atoms with van der Waals surface area (Å²) in [5.74, 6) is 0.623. The van der Waals surface area contributed by atoms with Crippen molar-refractivity contribution in [1.29, 1.82) is 0 Å². The van der Waals surface area contributed by atoms with Crippen molar-refractivity contribution in [1.82, 2.24) is 10.2 Å². The van der Waals surface area contributed by atoms with Crippen LogP contribution in [0.25, 0.3) is 0 Å². The van der Waals surface area contributed by atoms with Crippen LogP contribution in [0.15, 0.2) is 48.5 Å². The van der Waals surface area contributed by atoms with Gasteiger partial charge in [-0.15, -0.1) is 0 Å². The van der Waals surface area contributed by atoms with Gasteiger partial charge in [-0.1, -0.05) is 24.3 Å². The van der Waals surface area contributed by atoms with Crippen molar-refractivity contribution in [2.45, 2.75) is 6.54 Å². The van der Waals surface area contributed by atoms with Crippen molar-refractivity contribution in [3.05, 3.63) is 59.7 Å². The lowest BCUT2D eigenvalue weighted by atomic mass is 10.1. The number of urea groups is 1. The molecule has 3 amide bonds. The van der Waals surface area contributed by atoms with Gasteiger partial charge >= 0.3 is 6.03 Å². The Morgan fingerprint density at radius 3 is 2.67 bits per heavy atom. The molecule has 1 aliphatic heterocycles. The Morgan fingerprint density at radius 1 is 1.11 bits per heavy atom. The van der Waals surface area contributed by atoms with E-state index in [9.17, 15) is 9.59 Å². The largest absolute Gasteiger partial charge is 0.497 e. The summed E-state index contributed by atoms with van der Waals surface area (Å²) in [5.41, 5.74) is 1.87. The number of para-hydroxylation sites is 1. The molecule has 142 valence electrons. The van der Waals surface area contributed by atoms with Crippen LogP contribution >= 0.6 is 0 Å². The molecular weight excluding hydrogens is 346 g/mol. The summed E-state index contributed by atoms with van der Waals surface area (Å²) >= 11 is 0. The van der Waals surface area contributed by atoms with Crippen molar-refractivity contribution in [2.75, 3.05) is 38.7 Å². The van der Waals surface area contributed by atoms with Crippen molar-refractivity contribution < 1.29 is 19.1 Å². The Bertz CT molecular complexity index is 803. The number of carbonyl (C=O) groups excluding carboxylic acids is 2. The molecule has 0 unspecified atom stereocenters. The van der Waals surface area contributed by atoms with Gasteiger partial charge in [-0.05, 0) is 29.8 Å². The van der Waals surface area contributed by atoms with Crippen LogP contribution in [0.3, 0.4) is 0 Å². The number of carbonyl (C=O) groups is 2. The number of benzene rings is 2. The predicted molar refractivity (Wildman–Crippen MR) is 102 cm³/mol. The number of nitrogens with one attached hydrogen (secondary N) is 2. The Labute approximate surface area is 158 Å². The quantitative estimate of drug-likeness (QED) is 0.849. The second kappa shape index (κ2) is 9.05. The summed E-state index contributed by atoms with van der Waals surface area (Å²) in [4.78, 5) is 26.8. The lowest BCUT2D eigenvalue weighted by Gasteiger charge is -2.27. The van der Waals surface area contributed by atoms with E-state index in [2.05, 4.69) is 10.6 Å². The number of rotatable bonds is 5. The van der Waals surface area contributed by atoms with Crippen molar-refractivity contribution in [3.63, 3.8) is 0 Å². The first kappa shape index (κ1) is 18.7. The lowest BCUT2D eigenvalue weighted by Crippen LogP contribution is -2.41. The molecule has 27 heavy (non-hydrogen) atoms. The molecule has 0 aliphatic carbocycles. The molecule has 1 heterocycles. The molecule has 0 bridgehead atoms. The van der Waals surface area contributed by atoms with E-state index in [0.717, 1.165) is 11.3 Å². The lowest BCUT2D eigenvalue weighted by molar-refractivity contribution is 0.0303. The smallest absolute Gasteiger partial charge is 0.319 e. The van der Waals surface area contributed by atoms with Crippen LogP contribution in [0, 0.1) is 0 Å². The van der Waals surface area contributed by atoms with E-state index in [1.807, 2.05) is 24.3 Å². The zero-order valence-electron chi connectivity index (χ0n) is 15.2. The highest BCUT2D eigenvalue weighted by atomic mass is 16.5. The second-order valence-corrected chi connectivity index (χ2v) is 6.11. The van der Waals surface area contributed by atoms with Crippen LogP contribution in [0.5, 0.6) is 5.75 Å². The Hall–Kier alpha value is -3.06. The minimum absolute atomic E-state index is 0.109. The monoisotopic (exact) mass is 369 g/mol. The molecule has 0 spiro atoms. The van der Waals surface area contributed by atoms with Crippen LogP contribution in [-0.2, 0) is 11.3 Å². The van der Waals surface area contributed by atoms with Gasteiger partial charge in [0.2, 0.25) is 0 Å². The standard InChI is InChI=1S/C20H23N3O4/c1-26-16-6-4-5-15(13-16)14-21-20(25)22-18-8-3-2-7-17(18)19(24)23-9-11-27-12-10-23/h2-8,13H,9-12,14H2,1H3,(H2,21,22,25). The Balaban J connectivity index is 1.63. The maximum absolute atomic E-state index is 12.7. The number of hydrogen-bond donors (Lipinski definition) is 2. The zero-order chi connectivity index (χ0) is 19.1. The van der Waals surface area contributed by atoms with Crippen LogP contribution in [0.2, 0.25) is 0 Å². The minimum Gasteiger partial charge on any atom is -0.497 e. The zero-order valence-corrected chi connectivity index (χ0v) is 15.2. The molecule has 2 N–H and O–H groups in total. The number of hydrogen-bond acceptors (Lipinski definition) is 4. The van der Waals surface area contributed by atoms with E-state index in [-0.39, 0.29) is 11.9 Å². The summed E-state index contributed by atoms with van der Waals surface area (Å²) < 4.78 is 10.5. The topological polar surface area (TPSA) is 79.9 Å². The fourth-order valence-electron chi connectivity index (χ4n) is 2.85. The molecule has 0 radical (unpaired) electrons. The molecule has 1 aliphatic rings. The summed E-state index contributed by atoms with van der Waals surface area (Å²) in [6, 6.07) is 14.1. The predicted octanol–water partition coefficient (Wildman–Crippen LogP) is 2.49. The van der Waals surface area contributed by atoms with Gasteiger partial charge < -0.3 is 25.0 Å². The molecule has 3 rings (SSSR count). The normalized spacial score (nSPS) is 13.7. The molecule has 7 heteroatoms. The molecule has 1 fully saturated rings. The first-order valence-electron chi connectivity index (χ1n) is 8.81. The van der Waals surface area contributed by atoms with Gasteiger partial charge in [0.15, 0.2) is 0 Å².